The molecule has 1 heterocycles. The zero-order valence-corrected chi connectivity index (χ0v) is 14.7. The number of amides is 1. The molecule has 25 heavy (non-hydrogen) atoms. The average Bonchev–Trinajstić information content (AvgIpc) is 2.67. The van der Waals surface area contributed by atoms with Crippen molar-refractivity contribution in [2.75, 3.05) is 37.8 Å². The van der Waals surface area contributed by atoms with Gasteiger partial charge in [-0.15, -0.1) is 0 Å². The second kappa shape index (κ2) is 8.74. The van der Waals surface area contributed by atoms with E-state index in [2.05, 4.69) is 22.3 Å². The Labute approximate surface area is 152 Å². The lowest BCUT2D eigenvalue weighted by atomic mass is 10.2. The van der Waals surface area contributed by atoms with E-state index in [1.807, 2.05) is 24.3 Å². The quantitative estimate of drug-likeness (QED) is 0.860. The summed E-state index contributed by atoms with van der Waals surface area (Å²) in [6.45, 7) is 3.76. The van der Waals surface area contributed by atoms with E-state index in [4.69, 9.17) is 21.1 Å². The second-order valence-corrected chi connectivity index (χ2v) is 6.17. The smallest absolute Gasteiger partial charge is 0.258 e. The molecule has 0 unspecified atom stereocenters. The number of carbonyl (C=O) groups is 1. The normalized spacial score (nSPS) is 14.2. The molecular formula is C19H21ClN2O3. The van der Waals surface area contributed by atoms with Crippen LogP contribution in [0.2, 0.25) is 5.02 Å². The number of morpholine rings is 1. The van der Waals surface area contributed by atoms with Crippen molar-refractivity contribution < 1.29 is 14.3 Å². The van der Waals surface area contributed by atoms with Gasteiger partial charge in [0.2, 0.25) is 0 Å². The average molecular weight is 361 g/mol. The van der Waals surface area contributed by atoms with E-state index in [1.54, 1.807) is 12.1 Å². The van der Waals surface area contributed by atoms with Crippen LogP contribution in [-0.4, -0.2) is 38.8 Å². The Morgan fingerprint density at radius 2 is 1.84 bits per heavy atom. The summed E-state index contributed by atoms with van der Waals surface area (Å²) < 4.78 is 10.8. The lowest BCUT2D eigenvalue weighted by Crippen LogP contribution is -2.36. The largest absolute Gasteiger partial charge is 0.482 e. The first-order valence-corrected chi connectivity index (χ1v) is 8.66. The SMILES string of the molecule is O=C(COc1ccccc1Cl)NCc1ccc(N2CCOCC2)cc1. The second-order valence-electron chi connectivity index (χ2n) is 5.76. The molecule has 132 valence electrons. The molecule has 1 amide bonds. The van der Waals surface area contributed by atoms with Crippen LogP contribution < -0.4 is 15.0 Å². The fourth-order valence-electron chi connectivity index (χ4n) is 2.60. The Balaban J connectivity index is 1.44. The van der Waals surface area contributed by atoms with E-state index < -0.39 is 0 Å². The first-order chi connectivity index (χ1) is 12.2. The van der Waals surface area contributed by atoms with Gasteiger partial charge < -0.3 is 19.7 Å². The Morgan fingerprint density at radius 3 is 2.56 bits per heavy atom. The molecule has 0 aliphatic carbocycles. The minimum absolute atomic E-state index is 0.0599. The van der Waals surface area contributed by atoms with Crippen LogP contribution in [-0.2, 0) is 16.1 Å². The number of hydrogen-bond donors (Lipinski definition) is 1. The molecular weight excluding hydrogens is 340 g/mol. The van der Waals surface area contributed by atoms with E-state index in [0.717, 1.165) is 31.9 Å². The summed E-state index contributed by atoms with van der Waals surface area (Å²) in [6.07, 6.45) is 0. The van der Waals surface area contributed by atoms with E-state index in [-0.39, 0.29) is 12.5 Å². The van der Waals surface area contributed by atoms with Crippen LogP contribution >= 0.6 is 11.6 Å². The van der Waals surface area contributed by atoms with Gasteiger partial charge in [-0.1, -0.05) is 35.9 Å². The minimum atomic E-state index is -0.183. The summed E-state index contributed by atoms with van der Waals surface area (Å²) in [6, 6.07) is 15.3. The van der Waals surface area contributed by atoms with Crippen molar-refractivity contribution in [2.45, 2.75) is 6.54 Å². The molecule has 0 radical (unpaired) electrons. The number of nitrogens with one attached hydrogen (secondary N) is 1. The topological polar surface area (TPSA) is 50.8 Å². The summed E-state index contributed by atoms with van der Waals surface area (Å²) in [5.74, 6) is 0.325. The molecule has 0 spiro atoms. The summed E-state index contributed by atoms with van der Waals surface area (Å²) >= 11 is 5.99. The molecule has 6 heteroatoms. The van der Waals surface area contributed by atoms with Gasteiger partial charge in [0, 0.05) is 25.3 Å². The molecule has 0 saturated carbocycles. The van der Waals surface area contributed by atoms with Gasteiger partial charge >= 0.3 is 0 Å². The van der Waals surface area contributed by atoms with Crippen molar-refractivity contribution in [3.05, 3.63) is 59.1 Å². The molecule has 1 saturated heterocycles. The number of benzene rings is 2. The van der Waals surface area contributed by atoms with Crippen LogP contribution in [0.15, 0.2) is 48.5 Å². The van der Waals surface area contributed by atoms with Crippen molar-refractivity contribution in [1.82, 2.24) is 5.32 Å². The summed E-state index contributed by atoms with van der Waals surface area (Å²) in [5, 5.41) is 3.34. The highest BCUT2D eigenvalue weighted by atomic mass is 35.5. The standard InChI is InChI=1S/C19H21ClN2O3/c20-17-3-1-2-4-18(17)25-14-19(23)21-13-15-5-7-16(8-6-15)22-9-11-24-12-10-22/h1-8H,9-14H2,(H,21,23). The Hall–Kier alpha value is -2.24. The predicted molar refractivity (Wildman–Crippen MR) is 98.3 cm³/mol. The van der Waals surface area contributed by atoms with Gasteiger partial charge in [0.1, 0.15) is 5.75 Å². The molecule has 1 aliphatic heterocycles. The van der Waals surface area contributed by atoms with Gasteiger partial charge in [-0.25, -0.2) is 0 Å². The van der Waals surface area contributed by atoms with Crippen molar-refractivity contribution in [3.63, 3.8) is 0 Å². The van der Waals surface area contributed by atoms with Gasteiger partial charge in [0.05, 0.1) is 18.2 Å². The number of rotatable bonds is 6. The van der Waals surface area contributed by atoms with Gasteiger partial charge in [-0.05, 0) is 29.8 Å². The van der Waals surface area contributed by atoms with Crippen LogP contribution in [0.5, 0.6) is 5.75 Å². The maximum absolute atomic E-state index is 11.9. The van der Waals surface area contributed by atoms with E-state index in [9.17, 15) is 4.79 Å². The van der Waals surface area contributed by atoms with Crippen molar-refractivity contribution in [1.29, 1.82) is 0 Å². The number of halogens is 1. The monoisotopic (exact) mass is 360 g/mol. The van der Waals surface area contributed by atoms with Gasteiger partial charge in [0.25, 0.3) is 5.91 Å². The Kier molecular flexibility index (Phi) is 6.14. The zero-order valence-electron chi connectivity index (χ0n) is 13.9. The van der Waals surface area contributed by atoms with Crippen molar-refractivity contribution in [3.8, 4) is 5.75 Å². The molecule has 2 aromatic carbocycles. The number of carbonyl (C=O) groups excluding carboxylic acids is 1. The minimum Gasteiger partial charge on any atom is -0.482 e. The van der Waals surface area contributed by atoms with Crippen LogP contribution in [0.1, 0.15) is 5.56 Å². The van der Waals surface area contributed by atoms with Crippen molar-refractivity contribution in [2.24, 2.45) is 0 Å². The van der Waals surface area contributed by atoms with Crippen LogP contribution in [0.4, 0.5) is 5.69 Å². The fraction of sp³-hybridized carbons (Fsp3) is 0.316. The first-order valence-electron chi connectivity index (χ1n) is 8.28. The Bertz CT molecular complexity index is 700. The molecule has 0 atom stereocenters. The number of anilines is 1. The lowest BCUT2D eigenvalue weighted by molar-refractivity contribution is -0.123. The highest BCUT2D eigenvalue weighted by Gasteiger charge is 2.11. The number of para-hydroxylation sites is 1. The third kappa shape index (κ3) is 5.11. The van der Waals surface area contributed by atoms with Crippen LogP contribution in [0.3, 0.4) is 0 Å². The van der Waals surface area contributed by atoms with E-state index >= 15 is 0 Å². The summed E-state index contributed by atoms with van der Waals surface area (Å²) in [7, 11) is 0. The summed E-state index contributed by atoms with van der Waals surface area (Å²) in [4.78, 5) is 14.2. The molecule has 1 fully saturated rings. The number of hydrogen-bond acceptors (Lipinski definition) is 4. The first kappa shape index (κ1) is 17.6. The molecule has 0 bridgehead atoms. The van der Waals surface area contributed by atoms with Gasteiger partial charge in [0.15, 0.2) is 6.61 Å². The number of nitrogens with zero attached hydrogens (tertiary/aromatic N) is 1. The molecule has 0 aromatic heterocycles. The number of ether oxygens (including phenoxy) is 2. The maximum Gasteiger partial charge on any atom is 0.258 e. The highest BCUT2D eigenvalue weighted by Crippen LogP contribution is 2.22. The van der Waals surface area contributed by atoms with Crippen LogP contribution in [0.25, 0.3) is 0 Å². The summed E-state index contributed by atoms with van der Waals surface area (Å²) in [5.41, 5.74) is 2.23. The Morgan fingerprint density at radius 1 is 1.12 bits per heavy atom. The van der Waals surface area contributed by atoms with Gasteiger partial charge in [-0.2, -0.15) is 0 Å². The fourth-order valence-corrected chi connectivity index (χ4v) is 2.79. The third-order valence-electron chi connectivity index (χ3n) is 4.00. The highest BCUT2D eigenvalue weighted by molar-refractivity contribution is 6.32. The molecule has 3 rings (SSSR count). The van der Waals surface area contributed by atoms with Gasteiger partial charge in [-0.3, -0.25) is 4.79 Å². The zero-order chi connectivity index (χ0) is 17.5. The molecule has 1 N–H and O–H groups in total. The van der Waals surface area contributed by atoms with Crippen molar-refractivity contribution >= 4 is 23.2 Å². The molecule has 2 aromatic rings. The molecule has 5 nitrogen and oxygen atoms in total. The maximum atomic E-state index is 11.9. The van der Waals surface area contributed by atoms with E-state index in [1.165, 1.54) is 5.69 Å². The van der Waals surface area contributed by atoms with Crippen LogP contribution in [0, 0.1) is 0 Å². The lowest BCUT2D eigenvalue weighted by Gasteiger charge is -2.28. The van der Waals surface area contributed by atoms with E-state index in [0.29, 0.717) is 17.3 Å². The predicted octanol–water partition coefficient (Wildman–Crippen LogP) is 2.87. The molecule has 1 aliphatic rings. The third-order valence-corrected chi connectivity index (χ3v) is 4.31.